The molecule has 0 rings (SSSR count). The summed E-state index contributed by atoms with van der Waals surface area (Å²) in [6.07, 6.45) is 2.12. The maximum absolute atomic E-state index is 5.65. The van der Waals surface area contributed by atoms with Crippen LogP contribution in [-0.2, 0) is 4.74 Å². The van der Waals surface area contributed by atoms with Gasteiger partial charge in [-0.15, -0.1) is 0 Å². The predicted octanol–water partition coefficient (Wildman–Crippen LogP) is 1.43. The van der Waals surface area contributed by atoms with Crippen molar-refractivity contribution in [1.29, 1.82) is 0 Å². The van der Waals surface area contributed by atoms with Crippen molar-refractivity contribution >= 4 is 5.84 Å². The van der Waals surface area contributed by atoms with Crippen molar-refractivity contribution in [3.63, 3.8) is 0 Å². The SMILES string of the molecule is COCCCCN=C(N)C(C)C. The third-order valence-electron chi connectivity index (χ3n) is 1.64. The fourth-order valence-electron chi connectivity index (χ4n) is 0.749. The number of amidine groups is 1. The van der Waals surface area contributed by atoms with Gasteiger partial charge in [0, 0.05) is 26.2 Å². The second-order valence-corrected chi connectivity index (χ2v) is 3.16. The summed E-state index contributed by atoms with van der Waals surface area (Å²) in [6, 6.07) is 0. The van der Waals surface area contributed by atoms with Gasteiger partial charge in [0.05, 0.1) is 5.84 Å². The Balaban J connectivity index is 3.34. The zero-order valence-electron chi connectivity index (χ0n) is 8.34. The second-order valence-electron chi connectivity index (χ2n) is 3.16. The first-order chi connectivity index (χ1) is 5.68. The van der Waals surface area contributed by atoms with Gasteiger partial charge in [0.2, 0.25) is 0 Å². The van der Waals surface area contributed by atoms with E-state index in [0.29, 0.717) is 5.92 Å². The Kier molecular flexibility index (Phi) is 6.76. The third-order valence-corrected chi connectivity index (χ3v) is 1.64. The lowest BCUT2D eigenvalue weighted by Crippen LogP contribution is -2.19. The van der Waals surface area contributed by atoms with Crippen LogP contribution in [0.2, 0.25) is 0 Å². The average molecular weight is 172 g/mol. The molecule has 0 aromatic rings. The van der Waals surface area contributed by atoms with Gasteiger partial charge < -0.3 is 10.5 Å². The van der Waals surface area contributed by atoms with E-state index >= 15 is 0 Å². The molecule has 3 heteroatoms. The molecular formula is C9H20N2O. The first-order valence-electron chi connectivity index (χ1n) is 4.47. The van der Waals surface area contributed by atoms with Gasteiger partial charge in [0.15, 0.2) is 0 Å². The predicted molar refractivity (Wildman–Crippen MR) is 52.4 cm³/mol. The van der Waals surface area contributed by atoms with Crippen LogP contribution >= 0.6 is 0 Å². The molecule has 0 aliphatic carbocycles. The van der Waals surface area contributed by atoms with Crippen molar-refractivity contribution in [2.45, 2.75) is 26.7 Å². The lowest BCUT2D eigenvalue weighted by molar-refractivity contribution is 0.193. The van der Waals surface area contributed by atoms with Crippen LogP contribution in [-0.4, -0.2) is 26.1 Å². The maximum atomic E-state index is 5.65. The minimum atomic E-state index is 0.368. The van der Waals surface area contributed by atoms with Crippen LogP contribution in [0.3, 0.4) is 0 Å². The Bertz CT molecular complexity index is 132. The van der Waals surface area contributed by atoms with Gasteiger partial charge in [-0.1, -0.05) is 13.8 Å². The van der Waals surface area contributed by atoms with Crippen LogP contribution in [0.4, 0.5) is 0 Å². The van der Waals surface area contributed by atoms with E-state index in [4.69, 9.17) is 10.5 Å². The molecule has 0 aliphatic heterocycles. The van der Waals surface area contributed by atoms with E-state index < -0.39 is 0 Å². The number of hydrogen-bond donors (Lipinski definition) is 1. The van der Waals surface area contributed by atoms with Crippen molar-refractivity contribution < 1.29 is 4.74 Å². The summed E-state index contributed by atoms with van der Waals surface area (Å²) in [5.41, 5.74) is 5.65. The fourth-order valence-corrected chi connectivity index (χ4v) is 0.749. The molecule has 0 unspecified atom stereocenters. The lowest BCUT2D eigenvalue weighted by Gasteiger charge is -2.03. The Morgan fingerprint density at radius 3 is 2.58 bits per heavy atom. The van der Waals surface area contributed by atoms with Gasteiger partial charge in [-0.05, 0) is 12.8 Å². The molecule has 0 aromatic heterocycles. The average Bonchev–Trinajstić information content (AvgIpc) is 2.03. The molecule has 0 heterocycles. The summed E-state index contributed by atoms with van der Waals surface area (Å²) < 4.78 is 4.92. The minimum absolute atomic E-state index is 0.368. The summed E-state index contributed by atoms with van der Waals surface area (Å²) in [5.74, 6) is 1.12. The summed E-state index contributed by atoms with van der Waals surface area (Å²) in [7, 11) is 1.71. The highest BCUT2D eigenvalue weighted by Gasteiger charge is 1.96. The number of rotatable bonds is 6. The minimum Gasteiger partial charge on any atom is -0.387 e. The van der Waals surface area contributed by atoms with Crippen LogP contribution in [0.1, 0.15) is 26.7 Å². The van der Waals surface area contributed by atoms with Gasteiger partial charge in [0.25, 0.3) is 0 Å². The summed E-state index contributed by atoms with van der Waals surface area (Å²) >= 11 is 0. The number of methoxy groups -OCH3 is 1. The highest BCUT2D eigenvalue weighted by molar-refractivity contribution is 5.82. The van der Waals surface area contributed by atoms with E-state index in [1.54, 1.807) is 7.11 Å². The summed E-state index contributed by atoms with van der Waals surface area (Å²) in [5, 5.41) is 0. The fraction of sp³-hybridized carbons (Fsp3) is 0.889. The number of hydrogen-bond acceptors (Lipinski definition) is 2. The lowest BCUT2D eigenvalue weighted by atomic mass is 10.2. The maximum Gasteiger partial charge on any atom is 0.0962 e. The van der Waals surface area contributed by atoms with Crippen molar-refractivity contribution in [3.8, 4) is 0 Å². The Morgan fingerprint density at radius 1 is 1.42 bits per heavy atom. The molecule has 0 saturated carbocycles. The van der Waals surface area contributed by atoms with Crippen LogP contribution in [0.15, 0.2) is 4.99 Å². The van der Waals surface area contributed by atoms with E-state index in [1.807, 2.05) is 13.8 Å². The number of nitrogens with two attached hydrogens (primary N) is 1. The molecule has 3 nitrogen and oxygen atoms in total. The third kappa shape index (κ3) is 6.16. The van der Waals surface area contributed by atoms with E-state index in [1.165, 1.54) is 0 Å². The van der Waals surface area contributed by atoms with Crippen LogP contribution in [0, 0.1) is 5.92 Å². The van der Waals surface area contributed by atoms with Crippen LogP contribution in [0.5, 0.6) is 0 Å². The van der Waals surface area contributed by atoms with Gasteiger partial charge in [-0.2, -0.15) is 0 Å². The van der Waals surface area contributed by atoms with Gasteiger partial charge in [-0.25, -0.2) is 0 Å². The molecule has 12 heavy (non-hydrogen) atoms. The zero-order valence-corrected chi connectivity index (χ0v) is 8.34. The Labute approximate surface area is 75.0 Å². The number of unbranched alkanes of at least 4 members (excludes halogenated alkanes) is 1. The molecule has 0 saturated heterocycles. The summed E-state index contributed by atoms with van der Waals surface area (Å²) in [4.78, 5) is 4.23. The molecule has 0 aliphatic rings. The molecule has 0 bridgehead atoms. The molecule has 0 amide bonds. The van der Waals surface area contributed by atoms with Crippen molar-refractivity contribution in [2.75, 3.05) is 20.3 Å². The molecule has 2 N–H and O–H groups in total. The van der Waals surface area contributed by atoms with Crippen molar-refractivity contribution in [2.24, 2.45) is 16.6 Å². The molecule has 0 radical (unpaired) electrons. The topological polar surface area (TPSA) is 47.6 Å². The molecule has 0 aromatic carbocycles. The zero-order chi connectivity index (χ0) is 9.40. The highest BCUT2D eigenvalue weighted by atomic mass is 16.5. The standard InChI is InChI=1S/C9H20N2O/c1-8(2)9(10)11-6-4-5-7-12-3/h8H,4-7H2,1-3H3,(H2,10,11). The molecule has 0 atom stereocenters. The molecule has 0 fully saturated rings. The highest BCUT2D eigenvalue weighted by Crippen LogP contribution is 1.94. The molecular weight excluding hydrogens is 152 g/mol. The monoisotopic (exact) mass is 172 g/mol. The van der Waals surface area contributed by atoms with Gasteiger partial charge >= 0.3 is 0 Å². The van der Waals surface area contributed by atoms with E-state index in [0.717, 1.165) is 31.8 Å². The Morgan fingerprint density at radius 2 is 2.08 bits per heavy atom. The van der Waals surface area contributed by atoms with E-state index in [-0.39, 0.29) is 0 Å². The largest absolute Gasteiger partial charge is 0.387 e. The smallest absolute Gasteiger partial charge is 0.0962 e. The normalized spacial score (nSPS) is 12.5. The molecule has 72 valence electrons. The number of aliphatic imine (C=N–C) groups is 1. The number of nitrogens with zero attached hydrogens (tertiary/aromatic N) is 1. The van der Waals surface area contributed by atoms with E-state index in [9.17, 15) is 0 Å². The second kappa shape index (κ2) is 7.10. The van der Waals surface area contributed by atoms with Crippen molar-refractivity contribution in [1.82, 2.24) is 0 Å². The van der Waals surface area contributed by atoms with Gasteiger partial charge in [-0.3, -0.25) is 4.99 Å². The quantitative estimate of drug-likeness (QED) is 0.374. The van der Waals surface area contributed by atoms with Crippen LogP contribution in [0.25, 0.3) is 0 Å². The first kappa shape index (κ1) is 11.4. The molecule has 0 spiro atoms. The number of ether oxygens (including phenoxy) is 1. The first-order valence-corrected chi connectivity index (χ1v) is 4.47. The Hall–Kier alpha value is -0.570. The van der Waals surface area contributed by atoms with Crippen molar-refractivity contribution in [3.05, 3.63) is 0 Å². The summed E-state index contributed by atoms with van der Waals surface area (Å²) in [6.45, 7) is 5.74. The van der Waals surface area contributed by atoms with E-state index in [2.05, 4.69) is 4.99 Å². The van der Waals surface area contributed by atoms with Gasteiger partial charge in [0.1, 0.15) is 0 Å². The van der Waals surface area contributed by atoms with Crippen LogP contribution < -0.4 is 5.73 Å².